The van der Waals surface area contributed by atoms with Crippen molar-refractivity contribution in [3.63, 3.8) is 0 Å². The number of nitrogens with zero attached hydrogens (tertiary/aromatic N) is 2. The molecule has 0 aliphatic heterocycles. The molecule has 0 radical (unpaired) electrons. The van der Waals surface area contributed by atoms with E-state index in [2.05, 4.69) is 51.2 Å². The lowest BCUT2D eigenvalue weighted by atomic mass is 9.69. The second-order valence-corrected chi connectivity index (χ2v) is 8.11. The first kappa shape index (κ1) is 16.5. The van der Waals surface area contributed by atoms with Crippen LogP contribution in [0.3, 0.4) is 0 Å². The Labute approximate surface area is 130 Å². The van der Waals surface area contributed by atoms with E-state index in [1.165, 1.54) is 36.9 Å². The molecule has 1 aromatic rings. The summed E-state index contributed by atoms with van der Waals surface area (Å²) in [4.78, 5) is 0. The number of aryl methyl sites for hydroxylation is 1. The van der Waals surface area contributed by atoms with Crippen molar-refractivity contribution in [2.45, 2.75) is 78.8 Å². The molecule has 1 heterocycles. The van der Waals surface area contributed by atoms with E-state index < -0.39 is 0 Å². The number of hydrogen-bond acceptors (Lipinski definition) is 2. The molecule has 1 aliphatic carbocycles. The van der Waals surface area contributed by atoms with E-state index in [0.717, 1.165) is 12.5 Å². The van der Waals surface area contributed by atoms with Gasteiger partial charge >= 0.3 is 0 Å². The fourth-order valence-electron chi connectivity index (χ4n) is 3.83. The Morgan fingerprint density at radius 2 is 1.95 bits per heavy atom. The minimum Gasteiger partial charge on any atom is -0.310 e. The van der Waals surface area contributed by atoms with Crippen LogP contribution in [-0.4, -0.2) is 15.8 Å². The van der Waals surface area contributed by atoms with Gasteiger partial charge in [0, 0.05) is 31.4 Å². The summed E-state index contributed by atoms with van der Waals surface area (Å²) in [5.41, 5.74) is 3.01. The van der Waals surface area contributed by atoms with Crippen molar-refractivity contribution in [3.8, 4) is 0 Å². The summed E-state index contributed by atoms with van der Waals surface area (Å²) in [6, 6.07) is 0.652. The maximum absolute atomic E-state index is 4.62. The molecule has 1 aromatic heterocycles. The van der Waals surface area contributed by atoms with E-state index in [0.29, 0.717) is 17.4 Å². The van der Waals surface area contributed by atoms with Gasteiger partial charge in [0.25, 0.3) is 0 Å². The first-order valence-corrected chi connectivity index (χ1v) is 8.55. The highest BCUT2D eigenvalue weighted by atomic mass is 15.3. The van der Waals surface area contributed by atoms with E-state index in [-0.39, 0.29) is 0 Å². The van der Waals surface area contributed by atoms with Gasteiger partial charge in [-0.2, -0.15) is 5.10 Å². The fraction of sp³-hybridized carbons (Fsp3) is 0.833. The van der Waals surface area contributed by atoms with Gasteiger partial charge in [-0.05, 0) is 30.1 Å². The molecule has 0 spiro atoms. The smallest absolute Gasteiger partial charge is 0.0694 e. The van der Waals surface area contributed by atoms with Crippen LogP contribution in [0.2, 0.25) is 0 Å². The van der Waals surface area contributed by atoms with Crippen molar-refractivity contribution in [3.05, 3.63) is 17.5 Å². The first-order chi connectivity index (χ1) is 9.79. The third-order valence-electron chi connectivity index (χ3n) is 4.92. The quantitative estimate of drug-likeness (QED) is 0.899. The van der Waals surface area contributed by atoms with Gasteiger partial charge in [0.2, 0.25) is 0 Å². The van der Waals surface area contributed by atoms with Gasteiger partial charge in [0.15, 0.2) is 0 Å². The second kappa shape index (κ2) is 6.51. The lowest BCUT2D eigenvalue weighted by molar-refractivity contribution is 0.130. The molecular weight excluding hydrogens is 258 g/mol. The van der Waals surface area contributed by atoms with Crippen molar-refractivity contribution in [1.29, 1.82) is 0 Å². The molecule has 0 amide bonds. The molecule has 1 aliphatic rings. The van der Waals surface area contributed by atoms with Crippen LogP contribution < -0.4 is 5.32 Å². The molecule has 1 N–H and O–H groups in total. The lowest BCUT2D eigenvalue weighted by Gasteiger charge is -2.41. The van der Waals surface area contributed by atoms with Gasteiger partial charge < -0.3 is 5.32 Å². The van der Waals surface area contributed by atoms with E-state index >= 15 is 0 Å². The topological polar surface area (TPSA) is 29.9 Å². The van der Waals surface area contributed by atoms with Crippen LogP contribution in [0.4, 0.5) is 0 Å². The maximum atomic E-state index is 4.62. The Morgan fingerprint density at radius 1 is 1.29 bits per heavy atom. The molecule has 3 nitrogen and oxygen atoms in total. The minimum atomic E-state index is 0.397. The molecule has 2 unspecified atom stereocenters. The summed E-state index contributed by atoms with van der Waals surface area (Å²) in [5.74, 6) is 1.28. The maximum Gasteiger partial charge on any atom is 0.0694 e. The van der Waals surface area contributed by atoms with Crippen LogP contribution in [0.25, 0.3) is 0 Å². The zero-order valence-electron chi connectivity index (χ0n) is 14.7. The zero-order valence-corrected chi connectivity index (χ0v) is 14.7. The third kappa shape index (κ3) is 4.09. The van der Waals surface area contributed by atoms with Gasteiger partial charge in [-0.3, -0.25) is 4.68 Å². The van der Waals surface area contributed by atoms with Gasteiger partial charge in [0.05, 0.1) is 5.69 Å². The summed E-state index contributed by atoms with van der Waals surface area (Å²) in [7, 11) is 2.02. The summed E-state index contributed by atoms with van der Waals surface area (Å²) < 4.78 is 1.95. The van der Waals surface area contributed by atoms with E-state index in [9.17, 15) is 0 Å². The van der Waals surface area contributed by atoms with Crippen molar-refractivity contribution in [1.82, 2.24) is 15.1 Å². The highest BCUT2D eigenvalue weighted by Gasteiger charge is 2.33. The Kier molecular flexibility index (Phi) is 5.13. The predicted octanol–water partition coefficient (Wildman–Crippen LogP) is 4.24. The summed E-state index contributed by atoms with van der Waals surface area (Å²) in [6.07, 6.45) is 7.63. The Morgan fingerprint density at radius 3 is 2.57 bits per heavy atom. The average Bonchev–Trinajstić information content (AvgIpc) is 2.77. The molecule has 0 aromatic carbocycles. The van der Waals surface area contributed by atoms with Gasteiger partial charge in [0.1, 0.15) is 0 Å². The van der Waals surface area contributed by atoms with Crippen LogP contribution in [0.15, 0.2) is 6.20 Å². The standard InChI is InChI=1S/C18H33N3/c1-13(2)17-14(12-21(6)20-17)11-19-16-10-8-7-9-15(16)18(3,4)5/h12-13,15-16,19H,7-11H2,1-6H3. The Hall–Kier alpha value is -0.830. The molecule has 0 saturated heterocycles. The van der Waals surface area contributed by atoms with Crippen LogP contribution in [-0.2, 0) is 13.6 Å². The number of aromatic nitrogens is 2. The Bertz CT molecular complexity index is 454. The molecule has 21 heavy (non-hydrogen) atoms. The summed E-state index contributed by atoms with van der Waals surface area (Å²) in [6.45, 7) is 12.6. The molecule has 120 valence electrons. The number of hydrogen-bond donors (Lipinski definition) is 1. The molecule has 2 rings (SSSR count). The van der Waals surface area contributed by atoms with Crippen LogP contribution >= 0.6 is 0 Å². The van der Waals surface area contributed by atoms with E-state index in [1.54, 1.807) is 0 Å². The number of nitrogens with one attached hydrogen (secondary N) is 1. The SMILES string of the molecule is CC(C)c1nn(C)cc1CNC1CCCCC1C(C)(C)C. The molecular formula is C18H33N3. The predicted molar refractivity (Wildman–Crippen MR) is 89.3 cm³/mol. The van der Waals surface area contributed by atoms with Gasteiger partial charge in [-0.1, -0.05) is 47.5 Å². The summed E-state index contributed by atoms with van der Waals surface area (Å²) >= 11 is 0. The van der Waals surface area contributed by atoms with Crippen LogP contribution in [0.5, 0.6) is 0 Å². The van der Waals surface area contributed by atoms with Crippen molar-refractivity contribution in [2.24, 2.45) is 18.4 Å². The molecule has 0 bridgehead atoms. The van der Waals surface area contributed by atoms with E-state index in [1.807, 2.05) is 11.7 Å². The third-order valence-corrected chi connectivity index (χ3v) is 4.92. The molecule has 1 saturated carbocycles. The van der Waals surface area contributed by atoms with Crippen molar-refractivity contribution in [2.75, 3.05) is 0 Å². The molecule has 3 heteroatoms. The normalized spacial score (nSPS) is 23.8. The molecule has 2 atom stereocenters. The van der Waals surface area contributed by atoms with E-state index in [4.69, 9.17) is 0 Å². The van der Waals surface area contributed by atoms with Crippen molar-refractivity contribution < 1.29 is 0 Å². The van der Waals surface area contributed by atoms with Crippen LogP contribution in [0.1, 0.15) is 77.5 Å². The lowest BCUT2D eigenvalue weighted by Crippen LogP contribution is -2.44. The minimum absolute atomic E-state index is 0.397. The molecule has 1 fully saturated rings. The number of rotatable bonds is 4. The average molecular weight is 291 g/mol. The zero-order chi connectivity index (χ0) is 15.6. The summed E-state index contributed by atoms with van der Waals surface area (Å²) in [5, 5.41) is 8.47. The van der Waals surface area contributed by atoms with Gasteiger partial charge in [-0.25, -0.2) is 0 Å². The largest absolute Gasteiger partial charge is 0.310 e. The Balaban J connectivity index is 2.04. The van der Waals surface area contributed by atoms with Crippen molar-refractivity contribution >= 4 is 0 Å². The highest BCUT2D eigenvalue weighted by molar-refractivity contribution is 5.20. The van der Waals surface area contributed by atoms with Crippen LogP contribution in [0, 0.1) is 11.3 Å². The first-order valence-electron chi connectivity index (χ1n) is 8.55. The monoisotopic (exact) mass is 291 g/mol. The second-order valence-electron chi connectivity index (χ2n) is 8.11. The van der Waals surface area contributed by atoms with Gasteiger partial charge in [-0.15, -0.1) is 0 Å². The fourth-order valence-corrected chi connectivity index (χ4v) is 3.83. The highest BCUT2D eigenvalue weighted by Crippen LogP contribution is 2.38.